The third-order valence-corrected chi connectivity index (χ3v) is 4.80. The molecule has 3 aliphatic rings. The van der Waals surface area contributed by atoms with Gasteiger partial charge in [-0.25, -0.2) is 4.39 Å². The number of rotatable bonds is 3. The second kappa shape index (κ2) is 6.73. The van der Waals surface area contributed by atoms with Gasteiger partial charge in [-0.2, -0.15) is 0 Å². The summed E-state index contributed by atoms with van der Waals surface area (Å²) in [5.41, 5.74) is 1.90. The largest absolute Gasteiger partial charge is 0.494 e. The Hall–Kier alpha value is -2.20. The summed E-state index contributed by atoms with van der Waals surface area (Å²) in [5.74, 6) is 1.08. The molecule has 2 atom stereocenters. The number of halogens is 1. The fraction of sp³-hybridized carbons (Fsp3) is 0.350. The molecule has 1 fully saturated rings. The molecule has 1 N–H and O–H groups in total. The highest BCUT2D eigenvalue weighted by molar-refractivity contribution is 5.80. The highest BCUT2D eigenvalue weighted by atomic mass is 19.1. The molecule has 0 saturated carbocycles. The number of allylic oxidation sites excluding steroid dienone is 5. The Morgan fingerprint density at radius 1 is 1.21 bits per heavy atom. The van der Waals surface area contributed by atoms with Crippen LogP contribution in [0.2, 0.25) is 0 Å². The Morgan fingerprint density at radius 3 is 2.92 bits per heavy atom. The molecule has 124 valence electrons. The molecule has 0 spiro atoms. The summed E-state index contributed by atoms with van der Waals surface area (Å²) >= 11 is 0. The number of fused-ring (bicyclic) bond motifs is 1. The molecule has 3 nitrogen and oxygen atoms in total. The first-order valence-electron chi connectivity index (χ1n) is 8.56. The van der Waals surface area contributed by atoms with Crippen LogP contribution < -0.4 is 5.32 Å². The van der Waals surface area contributed by atoms with Crippen LogP contribution in [0.4, 0.5) is 4.39 Å². The number of nitrogens with one attached hydrogen (secondary N) is 1. The monoisotopic (exact) mass is 324 g/mol. The van der Waals surface area contributed by atoms with E-state index in [1.807, 2.05) is 18.5 Å². The van der Waals surface area contributed by atoms with Crippen LogP contribution in [0.1, 0.15) is 18.4 Å². The predicted molar refractivity (Wildman–Crippen MR) is 94.0 cm³/mol. The van der Waals surface area contributed by atoms with Gasteiger partial charge < -0.3 is 10.1 Å². The fourth-order valence-corrected chi connectivity index (χ4v) is 3.50. The molecule has 0 amide bonds. The van der Waals surface area contributed by atoms with Gasteiger partial charge in [0, 0.05) is 18.3 Å². The van der Waals surface area contributed by atoms with Gasteiger partial charge in [-0.15, -0.1) is 0 Å². The summed E-state index contributed by atoms with van der Waals surface area (Å²) in [6.45, 7) is 1.99. The molecule has 0 aromatic heterocycles. The smallest absolute Gasteiger partial charge is 0.123 e. The lowest BCUT2D eigenvalue weighted by molar-refractivity contribution is 0.0735. The van der Waals surface area contributed by atoms with Crippen molar-refractivity contribution in [2.75, 3.05) is 13.1 Å². The van der Waals surface area contributed by atoms with Crippen molar-refractivity contribution in [2.45, 2.75) is 18.9 Å². The van der Waals surface area contributed by atoms with Crippen molar-refractivity contribution in [1.82, 2.24) is 5.32 Å². The van der Waals surface area contributed by atoms with Gasteiger partial charge in [-0.05, 0) is 55.3 Å². The van der Waals surface area contributed by atoms with Gasteiger partial charge in [0.25, 0.3) is 0 Å². The van der Waals surface area contributed by atoms with E-state index in [0.717, 1.165) is 42.8 Å². The van der Waals surface area contributed by atoms with E-state index in [-0.39, 0.29) is 23.8 Å². The quantitative estimate of drug-likeness (QED) is 0.920. The number of nitrogens with zero attached hydrogens (tertiary/aromatic N) is 1. The molecule has 4 rings (SSSR count). The lowest BCUT2D eigenvalue weighted by Gasteiger charge is -2.32. The average Bonchev–Trinajstić information content (AvgIpc) is 2.62. The number of hydrogen-bond acceptors (Lipinski definition) is 3. The van der Waals surface area contributed by atoms with Crippen molar-refractivity contribution < 1.29 is 9.13 Å². The molecule has 2 unspecified atom stereocenters. The normalized spacial score (nSPS) is 26.5. The highest BCUT2D eigenvalue weighted by Gasteiger charge is 2.30. The summed E-state index contributed by atoms with van der Waals surface area (Å²) in [6, 6.07) is 6.73. The molecular formula is C20H21FN2O. The fourth-order valence-electron chi connectivity index (χ4n) is 3.50. The van der Waals surface area contributed by atoms with Crippen molar-refractivity contribution in [3.05, 3.63) is 65.8 Å². The van der Waals surface area contributed by atoms with Crippen molar-refractivity contribution in [1.29, 1.82) is 0 Å². The molecule has 1 aromatic carbocycles. The van der Waals surface area contributed by atoms with E-state index in [0.29, 0.717) is 0 Å². The van der Waals surface area contributed by atoms with E-state index in [9.17, 15) is 4.39 Å². The lowest BCUT2D eigenvalue weighted by atomic mass is 9.82. The van der Waals surface area contributed by atoms with E-state index in [2.05, 4.69) is 28.5 Å². The third-order valence-electron chi connectivity index (χ3n) is 4.80. The van der Waals surface area contributed by atoms with Crippen molar-refractivity contribution in [3.63, 3.8) is 0 Å². The molecule has 4 heteroatoms. The summed E-state index contributed by atoms with van der Waals surface area (Å²) in [4.78, 5) is 4.29. The van der Waals surface area contributed by atoms with Crippen LogP contribution in [-0.2, 0) is 4.74 Å². The molecule has 1 saturated heterocycles. The van der Waals surface area contributed by atoms with Crippen LogP contribution >= 0.6 is 0 Å². The molecule has 1 aromatic rings. The zero-order chi connectivity index (χ0) is 16.4. The van der Waals surface area contributed by atoms with Gasteiger partial charge in [0.1, 0.15) is 17.7 Å². The van der Waals surface area contributed by atoms with Gasteiger partial charge >= 0.3 is 0 Å². The predicted octanol–water partition coefficient (Wildman–Crippen LogP) is 3.71. The van der Waals surface area contributed by atoms with Gasteiger partial charge in [0.05, 0.1) is 5.92 Å². The van der Waals surface area contributed by atoms with Crippen LogP contribution in [0.5, 0.6) is 0 Å². The van der Waals surface area contributed by atoms with Crippen LogP contribution in [0.25, 0.3) is 5.57 Å². The molecule has 1 aliphatic carbocycles. The first-order chi connectivity index (χ1) is 11.8. The number of aliphatic imine (C=N–C) groups is 1. The van der Waals surface area contributed by atoms with E-state index in [1.54, 1.807) is 12.1 Å². The average molecular weight is 324 g/mol. The van der Waals surface area contributed by atoms with Gasteiger partial charge in [0.2, 0.25) is 0 Å². The Labute approximate surface area is 141 Å². The molecular weight excluding hydrogens is 303 g/mol. The minimum absolute atomic E-state index is 0.141. The Bertz CT molecular complexity index is 729. The maximum Gasteiger partial charge on any atom is 0.123 e. The summed E-state index contributed by atoms with van der Waals surface area (Å²) in [5, 5.41) is 3.36. The minimum Gasteiger partial charge on any atom is -0.494 e. The standard InChI is InChI=1S/C20H21FN2O/c21-17-3-1-2-14(11-17)16-10-15-4-7-23-13-19(15)20(12-16)24-18-5-8-22-9-6-18/h1-4,7,10-13,15,18-19,22H,5-6,8-9H2. The van der Waals surface area contributed by atoms with E-state index >= 15 is 0 Å². The topological polar surface area (TPSA) is 33.6 Å². The highest BCUT2D eigenvalue weighted by Crippen LogP contribution is 2.36. The second-order valence-corrected chi connectivity index (χ2v) is 6.49. The second-order valence-electron chi connectivity index (χ2n) is 6.49. The Balaban J connectivity index is 1.65. The van der Waals surface area contributed by atoms with Crippen LogP contribution in [0.15, 0.2) is 59.4 Å². The van der Waals surface area contributed by atoms with Crippen molar-refractivity contribution in [2.24, 2.45) is 16.8 Å². The molecule has 2 aliphatic heterocycles. The van der Waals surface area contributed by atoms with E-state index in [4.69, 9.17) is 4.74 Å². The van der Waals surface area contributed by atoms with E-state index in [1.165, 1.54) is 6.07 Å². The first kappa shape index (κ1) is 15.3. The van der Waals surface area contributed by atoms with Crippen molar-refractivity contribution >= 4 is 11.8 Å². The third kappa shape index (κ3) is 3.20. The van der Waals surface area contributed by atoms with Crippen LogP contribution in [0.3, 0.4) is 0 Å². The van der Waals surface area contributed by atoms with Gasteiger partial charge in [-0.1, -0.05) is 24.3 Å². The van der Waals surface area contributed by atoms with Gasteiger partial charge in [-0.3, -0.25) is 4.99 Å². The zero-order valence-corrected chi connectivity index (χ0v) is 13.5. The Morgan fingerprint density at radius 2 is 2.08 bits per heavy atom. The summed E-state index contributed by atoms with van der Waals surface area (Å²) < 4.78 is 19.9. The number of piperidine rings is 1. The lowest BCUT2D eigenvalue weighted by Crippen LogP contribution is -2.34. The number of ether oxygens (including phenoxy) is 1. The van der Waals surface area contributed by atoms with Crippen molar-refractivity contribution in [3.8, 4) is 0 Å². The molecule has 0 bridgehead atoms. The number of hydrogen-bond donors (Lipinski definition) is 1. The Kier molecular flexibility index (Phi) is 4.30. The van der Waals surface area contributed by atoms with Crippen LogP contribution in [0, 0.1) is 17.7 Å². The summed E-state index contributed by atoms with van der Waals surface area (Å²) in [6.07, 6.45) is 12.4. The first-order valence-corrected chi connectivity index (χ1v) is 8.56. The molecule has 2 heterocycles. The van der Waals surface area contributed by atoms with E-state index < -0.39 is 0 Å². The minimum atomic E-state index is -0.217. The van der Waals surface area contributed by atoms with Crippen LogP contribution in [-0.4, -0.2) is 25.4 Å². The van der Waals surface area contributed by atoms with Gasteiger partial charge in [0.15, 0.2) is 0 Å². The SMILES string of the molecule is Fc1cccc(C2=CC3C=CN=CC3C(OC3CCNCC3)=C2)c1. The maximum absolute atomic E-state index is 13.6. The summed E-state index contributed by atoms with van der Waals surface area (Å²) in [7, 11) is 0. The maximum atomic E-state index is 13.6. The molecule has 24 heavy (non-hydrogen) atoms. The number of benzene rings is 1. The molecule has 0 radical (unpaired) electrons. The zero-order valence-electron chi connectivity index (χ0n) is 13.5.